The van der Waals surface area contributed by atoms with E-state index in [1.807, 2.05) is 23.6 Å². The van der Waals surface area contributed by atoms with Crippen LogP contribution < -0.4 is 0 Å². The van der Waals surface area contributed by atoms with Gasteiger partial charge in [0, 0.05) is 20.3 Å². The summed E-state index contributed by atoms with van der Waals surface area (Å²) in [6.07, 6.45) is 0. The zero-order chi connectivity index (χ0) is 13.4. The zero-order valence-corrected chi connectivity index (χ0v) is 12.1. The Morgan fingerprint density at radius 1 is 1.16 bits per heavy atom. The van der Waals surface area contributed by atoms with Gasteiger partial charge >= 0.3 is 0 Å². The van der Waals surface area contributed by atoms with Crippen molar-refractivity contribution >= 4 is 43.1 Å². The van der Waals surface area contributed by atoms with Crippen LogP contribution in [0.2, 0.25) is 0 Å². The number of fused-ring (bicyclic) bond motifs is 1. The van der Waals surface area contributed by atoms with Crippen molar-refractivity contribution in [2.75, 3.05) is 0 Å². The second-order valence-corrected chi connectivity index (χ2v) is 5.96. The molecule has 0 saturated heterocycles. The SMILES string of the molecule is O=C(c1cc(F)cc(Br)c1)c1cccc2ccsc12. The van der Waals surface area contributed by atoms with Gasteiger partial charge in [0.25, 0.3) is 0 Å². The molecule has 3 aromatic rings. The van der Waals surface area contributed by atoms with Gasteiger partial charge in [0.15, 0.2) is 5.78 Å². The summed E-state index contributed by atoms with van der Waals surface area (Å²) in [5.74, 6) is -0.579. The van der Waals surface area contributed by atoms with Gasteiger partial charge in [0.05, 0.1) is 0 Å². The van der Waals surface area contributed by atoms with Crippen LogP contribution in [0.15, 0.2) is 52.3 Å². The summed E-state index contributed by atoms with van der Waals surface area (Å²) in [4.78, 5) is 12.5. The Hall–Kier alpha value is -1.52. The second kappa shape index (κ2) is 4.87. The van der Waals surface area contributed by atoms with Crippen molar-refractivity contribution in [3.8, 4) is 0 Å². The van der Waals surface area contributed by atoms with Crippen molar-refractivity contribution in [2.24, 2.45) is 0 Å². The fourth-order valence-electron chi connectivity index (χ4n) is 2.01. The molecule has 0 N–H and O–H groups in total. The van der Waals surface area contributed by atoms with Crippen LogP contribution in [0, 0.1) is 5.82 Å². The Morgan fingerprint density at radius 2 is 2.00 bits per heavy atom. The minimum Gasteiger partial charge on any atom is -0.289 e. The van der Waals surface area contributed by atoms with Crippen LogP contribution in [0.3, 0.4) is 0 Å². The summed E-state index contributed by atoms with van der Waals surface area (Å²) < 4.78 is 14.9. The molecule has 0 amide bonds. The molecule has 0 aliphatic rings. The third kappa shape index (κ3) is 2.33. The molecule has 4 heteroatoms. The first kappa shape index (κ1) is 12.5. The van der Waals surface area contributed by atoms with Crippen LogP contribution >= 0.6 is 27.3 Å². The molecular formula is C15H8BrFOS. The van der Waals surface area contributed by atoms with Gasteiger partial charge in [-0.05, 0) is 41.1 Å². The molecule has 3 rings (SSSR count). The molecule has 1 aromatic heterocycles. The van der Waals surface area contributed by atoms with Crippen LogP contribution in [0.5, 0.6) is 0 Å². The smallest absolute Gasteiger partial charge is 0.194 e. The first-order chi connectivity index (χ1) is 9.15. The number of hydrogen-bond acceptors (Lipinski definition) is 2. The molecule has 0 aliphatic carbocycles. The molecule has 1 heterocycles. The summed E-state index contributed by atoms with van der Waals surface area (Å²) in [5, 5.41) is 2.98. The molecule has 0 bridgehead atoms. The van der Waals surface area contributed by atoms with Crippen molar-refractivity contribution in [2.45, 2.75) is 0 Å². The van der Waals surface area contributed by atoms with Crippen LogP contribution in [0.25, 0.3) is 10.1 Å². The lowest BCUT2D eigenvalue weighted by Gasteiger charge is -2.04. The van der Waals surface area contributed by atoms with E-state index in [2.05, 4.69) is 15.9 Å². The molecule has 0 radical (unpaired) electrons. The zero-order valence-electron chi connectivity index (χ0n) is 9.69. The van der Waals surface area contributed by atoms with Gasteiger partial charge in [0.1, 0.15) is 5.82 Å². The average Bonchev–Trinajstić information content (AvgIpc) is 2.84. The second-order valence-electron chi connectivity index (χ2n) is 4.13. The fraction of sp³-hybridized carbons (Fsp3) is 0. The quantitative estimate of drug-likeness (QED) is 0.600. The predicted octanol–water partition coefficient (Wildman–Crippen LogP) is 5.03. The molecule has 94 valence electrons. The van der Waals surface area contributed by atoms with Crippen LogP contribution in [0.4, 0.5) is 4.39 Å². The van der Waals surface area contributed by atoms with E-state index in [9.17, 15) is 9.18 Å². The van der Waals surface area contributed by atoms with Gasteiger partial charge in [0.2, 0.25) is 0 Å². The Morgan fingerprint density at radius 3 is 2.79 bits per heavy atom. The Labute approximate surface area is 121 Å². The number of carbonyl (C=O) groups excluding carboxylic acids is 1. The minimum absolute atomic E-state index is 0.159. The fourth-order valence-corrected chi connectivity index (χ4v) is 3.39. The van der Waals surface area contributed by atoms with Gasteiger partial charge in [-0.25, -0.2) is 4.39 Å². The summed E-state index contributed by atoms with van der Waals surface area (Å²) >= 11 is 4.73. The topological polar surface area (TPSA) is 17.1 Å². The molecule has 2 aromatic carbocycles. The number of hydrogen-bond donors (Lipinski definition) is 0. The van der Waals surface area contributed by atoms with Crippen molar-refractivity contribution in [3.63, 3.8) is 0 Å². The lowest BCUT2D eigenvalue weighted by atomic mass is 10.0. The van der Waals surface area contributed by atoms with E-state index >= 15 is 0 Å². The first-order valence-electron chi connectivity index (χ1n) is 5.62. The third-order valence-corrected chi connectivity index (χ3v) is 4.27. The van der Waals surface area contributed by atoms with E-state index in [1.165, 1.54) is 23.5 Å². The standard InChI is InChI=1S/C15H8BrFOS/c16-11-6-10(7-12(17)8-11)14(18)13-3-1-2-9-4-5-19-15(9)13/h1-8H. The van der Waals surface area contributed by atoms with Crippen molar-refractivity contribution in [3.05, 3.63) is 69.3 Å². The molecule has 19 heavy (non-hydrogen) atoms. The summed E-state index contributed by atoms with van der Waals surface area (Å²) in [6.45, 7) is 0. The van der Waals surface area contributed by atoms with Crippen molar-refractivity contribution in [1.82, 2.24) is 0 Å². The Balaban J connectivity index is 2.16. The van der Waals surface area contributed by atoms with Crippen LogP contribution in [-0.4, -0.2) is 5.78 Å². The lowest BCUT2D eigenvalue weighted by molar-refractivity contribution is 0.104. The maximum absolute atomic E-state index is 13.4. The molecule has 1 nitrogen and oxygen atoms in total. The number of carbonyl (C=O) groups is 1. The molecule has 0 unspecified atom stereocenters. The van der Waals surface area contributed by atoms with Crippen LogP contribution in [0.1, 0.15) is 15.9 Å². The molecule has 0 fully saturated rings. The van der Waals surface area contributed by atoms with Crippen LogP contribution in [-0.2, 0) is 0 Å². The Bertz CT molecular complexity index is 758. The average molecular weight is 335 g/mol. The maximum atomic E-state index is 13.4. The number of halogens is 2. The van der Waals surface area contributed by atoms with E-state index in [0.29, 0.717) is 15.6 Å². The summed E-state index contributed by atoms with van der Waals surface area (Å²) in [5.41, 5.74) is 0.970. The van der Waals surface area contributed by atoms with E-state index < -0.39 is 5.82 Å². The molecule has 0 saturated carbocycles. The van der Waals surface area contributed by atoms with Crippen molar-refractivity contribution < 1.29 is 9.18 Å². The molecule has 0 atom stereocenters. The van der Waals surface area contributed by atoms with Gasteiger partial charge in [-0.1, -0.05) is 28.1 Å². The monoisotopic (exact) mass is 334 g/mol. The third-order valence-electron chi connectivity index (χ3n) is 2.85. The number of rotatable bonds is 2. The van der Waals surface area contributed by atoms with Crippen molar-refractivity contribution in [1.29, 1.82) is 0 Å². The summed E-state index contributed by atoms with van der Waals surface area (Å²) in [6, 6.07) is 11.8. The highest BCUT2D eigenvalue weighted by molar-refractivity contribution is 9.10. The largest absolute Gasteiger partial charge is 0.289 e. The molecule has 0 aliphatic heterocycles. The predicted molar refractivity (Wildman–Crippen MR) is 79.4 cm³/mol. The highest BCUT2D eigenvalue weighted by atomic mass is 79.9. The van der Waals surface area contributed by atoms with Gasteiger partial charge in [-0.2, -0.15) is 0 Å². The van der Waals surface area contributed by atoms with E-state index in [4.69, 9.17) is 0 Å². The maximum Gasteiger partial charge on any atom is 0.194 e. The first-order valence-corrected chi connectivity index (χ1v) is 7.29. The van der Waals surface area contributed by atoms with E-state index in [1.54, 1.807) is 12.1 Å². The Kier molecular flexibility index (Phi) is 3.21. The van der Waals surface area contributed by atoms with Gasteiger partial charge < -0.3 is 0 Å². The van der Waals surface area contributed by atoms with E-state index in [0.717, 1.165) is 10.1 Å². The lowest BCUT2D eigenvalue weighted by Crippen LogP contribution is -2.02. The number of ketones is 1. The number of thiophene rings is 1. The molecular weight excluding hydrogens is 327 g/mol. The van der Waals surface area contributed by atoms with Gasteiger partial charge in [-0.15, -0.1) is 11.3 Å². The minimum atomic E-state index is -0.420. The highest BCUT2D eigenvalue weighted by Crippen LogP contribution is 2.27. The summed E-state index contributed by atoms with van der Waals surface area (Å²) in [7, 11) is 0. The van der Waals surface area contributed by atoms with Gasteiger partial charge in [-0.3, -0.25) is 4.79 Å². The number of benzene rings is 2. The molecule has 0 spiro atoms. The van der Waals surface area contributed by atoms with E-state index in [-0.39, 0.29) is 5.78 Å². The highest BCUT2D eigenvalue weighted by Gasteiger charge is 2.14. The normalized spacial score (nSPS) is 10.8.